The van der Waals surface area contributed by atoms with Crippen LogP contribution >= 0.6 is 11.3 Å². The third kappa shape index (κ3) is 3.62. The normalized spacial score (nSPS) is 10.3. The summed E-state index contributed by atoms with van der Waals surface area (Å²) in [5.74, 6) is 7.77. The van der Waals surface area contributed by atoms with Crippen LogP contribution in [-0.4, -0.2) is 22.0 Å². The molecule has 94 valence electrons. The van der Waals surface area contributed by atoms with E-state index in [1.807, 2.05) is 10.9 Å². The molecule has 0 aliphatic carbocycles. The molecule has 0 bridgehead atoms. The van der Waals surface area contributed by atoms with E-state index in [1.165, 1.54) is 11.3 Å². The van der Waals surface area contributed by atoms with Gasteiger partial charge < -0.3 is 5.73 Å². The maximum atomic E-state index is 11.3. The van der Waals surface area contributed by atoms with Crippen LogP contribution < -0.4 is 28.3 Å². The average molecular weight is 259 g/mol. The molecule has 1 rings (SSSR count). The fraction of sp³-hybridized carbons (Fsp3) is 0.429. The van der Waals surface area contributed by atoms with Gasteiger partial charge in [-0.1, -0.05) is 11.3 Å². The number of aryl methyl sites for hydroxylation is 1. The molecule has 0 fully saturated rings. The molecule has 9 nitrogen and oxygen atoms in total. The van der Waals surface area contributed by atoms with Crippen molar-refractivity contribution in [3.63, 3.8) is 0 Å². The zero-order valence-electron chi connectivity index (χ0n) is 8.84. The zero-order valence-corrected chi connectivity index (χ0v) is 9.66. The standard InChI is InChI=1S/C7H13N7O2S/c8-7-14-13-4(17-7)2-1-3(5(15)11-9)6(16)12-10/h3H,1-2,9-10H2,(H2,8,14)(H,11,15)(H,12,16). The number of amides is 2. The Morgan fingerprint density at radius 1 is 1.24 bits per heavy atom. The summed E-state index contributed by atoms with van der Waals surface area (Å²) < 4.78 is 0. The highest BCUT2D eigenvalue weighted by Crippen LogP contribution is 2.15. The molecular formula is C7H13N7O2S. The maximum Gasteiger partial charge on any atom is 0.246 e. The number of carbonyl (C=O) groups is 2. The number of nitrogens with zero attached hydrogens (tertiary/aromatic N) is 2. The van der Waals surface area contributed by atoms with Gasteiger partial charge in [0.2, 0.25) is 16.9 Å². The molecule has 17 heavy (non-hydrogen) atoms. The minimum atomic E-state index is -0.963. The number of hydrogen-bond donors (Lipinski definition) is 5. The first kappa shape index (κ1) is 13.3. The Morgan fingerprint density at radius 2 is 1.82 bits per heavy atom. The van der Waals surface area contributed by atoms with Gasteiger partial charge in [-0.2, -0.15) is 0 Å². The fourth-order valence-corrected chi connectivity index (χ4v) is 1.84. The summed E-state index contributed by atoms with van der Waals surface area (Å²) in [6.45, 7) is 0. The number of hydrogen-bond acceptors (Lipinski definition) is 8. The highest BCUT2D eigenvalue weighted by molar-refractivity contribution is 7.15. The third-order valence-electron chi connectivity index (χ3n) is 2.05. The highest BCUT2D eigenvalue weighted by atomic mass is 32.1. The van der Waals surface area contributed by atoms with Crippen LogP contribution in [0.2, 0.25) is 0 Å². The van der Waals surface area contributed by atoms with Gasteiger partial charge in [-0.05, 0) is 6.42 Å². The van der Waals surface area contributed by atoms with E-state index in [-0.39, 0.29) is 6.42 Å². The molecule has 0 saturated heterocycles. The number of nitrogens with one attached hydrogen (secondary N) is 2. The lowest BCUT2D eigenvalue weighted by Crippen LogP contribution is -2.46. The summed E-state index contributed by atoms with van der Waals surface area (Å²) in [7, 11) is 0. The van der Waals surface area contributed by atoms with Crippen molar-refractivity contribution in [3.8, 4) is 0 Å². The lowest BCUT2D eigenvalue weighted by atomic mass is 10.0. The van der Waals surface area contributed by atoms with E-state index in [1.54, 1.807) is 0 Å². The Morgan fingerprint density at radius 3 is 2.24 bits per heavy atom. The van der Waals surface area contributed by atoms with Crippen LogP contribution in [0.15, 0.2) is 0 Å². The molecule has 0 atom stereocenters. The van der Waals surface area contributed by atoms with Gasteiger partial charge in [0.05, 0.1) is 0 Å². The number of aromatic nitrogens is 2. The van der Waals surface area contributed by atoms with Crippen LogP contribution in [-0.2, 0) is 16.0 Å². The number of hydrazine groups is 2. The second-order valence-electron chi connectivity index (χ2n) is 3.14. The Bertz CT molecular complexity index is 391. The van der Waals surface area contributed by atoms with Crippen molar-refractivity contribution in [2.75, 3.05) is 5.73 Å². The van der Waals surface area contributed by atoms with E-state index in [0.29, 0.717) is 16.6 Å². The Balaban J connectivity index is 2.61. The molecule has 8 N–H and O–H groups in total. The van der Waals surface area contributed by atoms with Crippen LogP contribution in [0.5, 0.6) is 0 Å². The summed E-state index contributed by atoms with van der Waals surface area (Å²) >= 11 is 1.20. The molecule has 1 aromatic rings. The molecular weight excluding hydrogens is 246 g/mol. The number of anilines is 1. The lowest BCUT2D eigenvalue weighted by Gasteiger charge is -2.12. The molecule has 0 aromatic carbocycles. The van der Waals surface area contributed by atoms with Crippen LogP contribution in [0.25, 0.3) is 0 Å². The largest absolute Gasteiger partial charge is 0.374 e. The third-order valence-corrected chi connectivity index (χ3v) is 2.86. The van der Waals surface area contributed by atoms with E-state index in [9.17, 15) is 9.59 Å². The molecule has 1 heterocycles. The van der Waals surface area contributed by atoms with E-state index in [2.05, 4.69) is 10.2 Å². The maximum absolute atomic E-state index is 11.3. The summed E-state index contributed by atoms with van der Waals surface area (Å²) in [5, 5.41) is 8.37. The Kier molecular flexibility index (Phi) is 4.75. The monoisotopic (exact) mass is 259 g/mol. The van der Waals surface area contributed by atoms with Crippen molar-refractivity contribution < 1.29 is 9.59 Å². The number of nitrogens with two attached hydrogens (primary N) is 3. The van der Waals surface area contributed by atoms with Crippen molar-refractivity contribution in [2.45, 2.75) is 12.8 Å². The summed E-state index contributed by atoms with van der Waals surface area (Å²) in [6, 6.07) is 0. The van der Waals surface area contributed by atoms with E-state index >= 15 is 0 Å². The minimum absolute atomic E-state index is 0.223. The molecule has 1 aromatic heterocycles. The van der Waals surface area contributed by atoms with E-state index in [4.69, 9.17) is 17.4 Å². The first-order valence-electron chi connectivity index (χ1n) is 4.67. The van der Waals surface area contributed by atoms with Crippen LogP contribution in [0.4, 0.5) is 5.13 Å². The van der Waals surface area contributed by atoms with Crippen molar-refractivity contribution in [1.82, 2.24) is 21.0 Å². The van der Waals surface area contributed by atoms with Crippen LogP contribution in [0.3, 0.4) is 0 Å². The topological polar surface area (TPSA) is 162 Å². The average Bonchev–Trinajstić information content (AvgIpc) is 2.74. The Hall–Kier alpha value is -1.78. The summed E-state index contributed by atoms with van der Waals surface area (Å²) in [5.41, 5.74) is 9.22. The molecule has 0 aliphatic heterocycles. The molecule has 0 saturated carbocycles. The van der Waals surface area contributed by atoms with Gasteiger partial charge >= 0.3 is 0 Å². The van der Waals surface area contributed by atoms with Gasteiger partial charge in [0.1, 0.15) is 10.9 Å². The molecule has 0 unspecified atom stereocenters. The van der Waals surface area contributed by atoms with Gasteiger partial charge in [0.15, 0.2) is 0 Å². The fourth-order valence-electron chi connectivity index (χ4n) is 1.22. The number of rotatable bonds is 5. The van der Waals surface area contributed by atoms with E-state index < -0.39 is 17.7 Å². The van der Waals surface area contributed by atoms with Gasteiger partial charge in [-0.25, -0.2) is 11.7 Å². The van der Waals surface area contributed by atoms with Gasteiger partial charge in [0, 0.05) is 6.42 Å². The number of nitrogen functional groups attached to an aromatic ring is 1. The second-order valence-corrected chi connectivity index (χ2v) is 4.24. The van der Waals surface area contributed by atoms with Crippen molar-refractivity contribution in [3.05, 3.63) is 5.01 Å². The molecule has 2 amide bonds. The first-order chi connectivity index (χ1) is 8.08. The van der Waals surface area contributed by atoms with Crippen LogP contribution in [0.1, 0.15) is 11.4 Å². The van der Waals surface area contributed by atoms with Gasteiger partial charge in [-0.15, -0.1) is 10.2 Å². The van der Waals surface area contributed by atoms with Crippen molar-refractivity contribution >= 4 is 28.3 Å². The van der Waals surface area contributed by atoms with E-state index in [0.717, 1.165) is 0 Å². The second kappa shape index (κ2) is 6.08. The molecule has 0 spiro atoms. The van der Waals surface area contributed by atoms with Crippen molar-refractivity contribution in [2.24, 2.45) is 17.6 Å². The molecule has 0 aliphatic rings. The molecule has 0 radical (unpaired) electrons. The smallest absolute Gasteiger partial charge is 0.246 e. The first-order valence-corrected chi connectivity index (χ1v) is 5.49. The van der Waals surface area contributed by atoms with Crippen molar-refractivity contribution in [1.29, 1.82) is 0 Å². The molecule has 10 heteroatoms. The quantitative estimate of drug-likeness (QED) is 0.171. The number of carbonyl (C=O) groups excluding carboxylic acids is 2. The van der Waals surface area contributed by atoms with Gasteiger partial charge in [-0.3, -0.25) is 20.4 Å². The van der Waals surface area contributed by atoms with Gasteiger partial charge in [0.25, 0.3) is 0 Å². The minimum Gasteiger partial charge on any atom is -0.374 e. The van der Waals surface area contributed by atoms with Crippen LogP contribution in [0, 0.1) is 5.92 Å². The predicted octanol–water partition coefficient (Wildman–Crippen LogP) is -2.35. The summed E-state index contributed by atoms with van der Waals surface area (Å²) in [6.07, 6.45) is 0.612. The SMILES string of the molecule is NNC(=O)C(CCc1nnc(N)s1)C(=O)NN. The zero-order chi connectivity index (χ0) is 12.8. The Labute approximate surface area is 101 Å². The summed E-state index contributed by atoms with van der Waals surface area (Å²) in [4.78, 5) is 22.7. The lowest BCUT2D eigenvalue weighted by molar-refractivity contribution is -0.135. The predicted molar refractivity (Wildman–Crippen MR) is 60.8 cm³/mol. The highest BCUT2D eigenvalue weighted by Gasteiger charge is 2.25.